The van der Waals surface area contributed by atoms with Gasteiger partial charge >= 0.3 is 0 Å². The van der Waals surface area contributed by atoms with E-state index in [0.29, 0.717) is 23.5 Å². The van der Waals surface area contributed by atoms with Gasteiger partial charge in [0.2, 0.25) is 0 Å². The van der Waals surface area contributed by atoms with Crippen molar-refractivity contribution in [2.75, 3.05) is 0 Å². The molecule has 1 aliphatic carbocycles. The van der Waals surface area contributed by atoms with Crippen LogP contribution in [0.1, 0.15) is 53.6 Å². The first kappa shape index (κ1) is 15.8. The standard InChI is InChI=1S/C21H24O2/c1-15(19-8-5-16(14-22)6-9-19)20-10-7-18(12-20)11-17-3-2-4-21(23)13-17/h2-6,8-9,13-15,18,20,23H,7,10-12H2,1H3/t15-,18-,20+/m0/s1. The van der Waals surface area contributed by atoms with Crippen molar-refractivity contribution < 1.29 is 9.90 Å². The lowest BCUT2D eigenvalue weighted by atomic mass is 9.85. The highest BCUT2D eigenvalue weighted by Gasteiger charge is 2.29. The third-order valence-corrected chi connectivity index (χ3v) is 5.32. The molecule has 2 aromatic rings. The SMILES string of the molecule is C[C@@H](c1ccc(C=O)cc1)[C@@H]1CC[C@@H](Cc2cccc(O)c2)C1. The molecule has 0 spiro atoms. The highest BCUT2D eigenvalue weighted by atomic mass is 16.3. The summed E-state index contributed by atoms with van der Waals surface area (Å²) >= 11 is 0. The fourth-order valence-corrected chi connectivity index (χ4v) is 3.92. The Morgan fingerprint density at radius 3 is 2.65 bits per heavy atom. The van der Waals surface area contributed by atoms with E-state index in [2.05, 4.69) is 25.1 Å². The van der Waals surface area contributed by atoms with Crippen LogP contribution in [0.5, 0.6) is 5.75 Å². The quantitative estimate of drug-likeness (QED) is 0.792. The number of rotatable bonds is 5. The van der Waals surface area contributed by atoms with E-state index >= 15 is 0 Å². The molecule has 2 aromatic carbocycles. The Kier molecular flexibility index (Phi) is 4.80. The molecule has 2 nitrogen and oxygen atoms in total. The molecule has 1 aliphatic rings. The highest BCUT2D eigenvalue weighted by molar-refractivity contribution is 5.74. The summed E-state index contributed by atoms with van der Waals surface area (Å²) < 4.78 is 0. The zero-order chi connectivity index (χ0) is 16.2. The van der Waals surface area contributed by atoms with Gasteiger partial charge in [-0.3, -0.25) is 4.79 Å². The minimum Gasteiger partial charge on any atom is -0.508 e. The fraction of sp³-hybridized carbons (Fsp3) is 0.381. The third kappa shape index (κ3) is 3.82. The predicted molar refractivity (Wildman–Crippen MR) is 92.9 cm³/mol. The van der Waals surface area contributed by atoms with Crippen LogP contribution in [0.2, 0.25) is 0 Å². The number of phenolic OH excluding ortho intramolecular Hbond substituents is 1. The maximum absolute atomic E-state index is 10.8. The summed E-state index contributed by atoms with van der Waals surface area (Å²) in [4.78, 5) is 10.8. The van der Waals surface area contributed by atoms with Gasteiger partial charge in [0.25, 0.3) is 0 Å². The Labute approximate surface area is 138 Å². The normalized spacial score (nSPS) is 22.0. The average molecular weight is 308 g/mol. The van der Waals surface area contributed by atoms with Crippen molar-refractivity contribution in [1.29, 1.82) is 0 Å². The van der Waals surface area contributed by atoms with Crippen LogP contribution in [0.25, 0.3) is 0 Å². The monoisotopic (exact) mass is 308 g/mol. The predicted octanol–water partition coefficient (Wildman–Crippen LogP) is 4.97. The molecule has 0 aliphatic heterocycles. The Hall–Kier alpha value is -2.09. The number of benzene rings is 2. The summed E-state index contributed by atoms with van der Waals surface area (Å²) in [5.74, 6) is 2.31. The second-order valence-electron chi connectivity index (χ2n) is 6.89. The van der Waals surface area contributed by atoms with E-state index < -0.39 is 0 Å². The molecule has 1 saturated carbocycles. The minimum atomic E-state index is 0.362. The van der Waals surface area contributed by atoms with Crippen molar-refractivity contribution in [3.05, 3.63) is 65.2 Å². The van der Waals surface area contributed by atoms with E-state index in [9.17, 15) is 9.90 Å². The average Bonchev–Trinajstić information content (AvgIpc) is 3.03. The first-order valence-electron chi connectivity index (χ1n) is 8.48. The number of aldehydes is 1. The van der Waals surface area contributed by atoms with E-state index in [1.54, 1.807) is 6.07 Å². The van der Waals surface area contributed by atoms with Crippen molar-refractivity contribution in [1.82, 2.24) is 0 Å². The zero-order valence-electron chi connectivity index (χ0n) is 13.6. The second-order valence-corrected chi connectivity index (χ2v) is 6.89. The molecule has 0 amide bonds. The Morgan fingerprint density at radius 1 is 1.17 bits per heavy atom. The Morgan fingerprint density at radius 2 is 1.96 bits per heavy atom. The molecule has 0 radical (unpaired) electrons. The van der Waals surface area contributed by atoms with Crippen LogP contribution >= 0.6 is 0 Å². The lowest BCUT2D eigenvalue weighted by Crippen LogP contribution is -2.08. The van der Waals surface area contributed by atoms with Crippen LogP contribution in [-0.4, -0.2) is 11.4 Å². The van der Waals surface area contributed by atoms with E-state index in [1.165, 1.54) is 30.4 Å². The lowest BCUT2D eigenvalue weighted by molar-refractivity contribution is 0.112. The second kappa shape index (κ2) is 6.99. The smallest absolute Gasteiger partial charge is 0.150 e. The molecule has 0 saturated heterocycles. The van der Waals surface area contributed by atoms with Crippen molar-refractivity contribution >= 4 is 6.29 Å². The molecule has 0 aromatic heterocycles. The molecule has 1 fully saturated rings. The van der Waals surface area contributed by atoms with Crippen molar-refractivity contribution in [2.45, 2.75) is 38.5 Å². The minimum absolute atomic E-state index is 0.362. The Bertz CT molecular complexity index is 660. The molecule has 0 heterocycles. The summed E-state index contributed by atoms with van der Waals surface area (Å²) in [6.07, 6.45) is 5.72. The van der Waals surface area contributed by atoms with Crippen LogP contribution in [0.15, 0.2) is 48.5 Å². The first-order chi connectivity index (χ1) is 11.2. The van der Waals surface area contributed by atoms with Gasteiger partial charge in [-0.25, -0.2) is 0 Å². The molecule has 0 unspecified atom stereocenters. The van der Waals surface area contributed by atoms with E-state index in [4.69, 9.17) is 0 Å². The number of carbonyl (C=O) groups is 1. The topological polar surface area (TPSA) is 37.3 Å². The van der Waals surface area contributed by atoms with Gasteiger partial charge in [0.15, 0.2) is 0 Å². The van der Waals surface area contributed by atoms with Gasteiger partial charge < -0.3 is 5.11 Å². The van der Waals surface area contributed by atoms with Crippen LogP contribution in [-0.2, 0) is 6.42 Å². The maximum Gasteiger partial charge on any atom is 0.150 e. The highest BCUT2D eigenvalue weighted by Crippen LogP contribution is 2.41. The number of hydrogen-bond acceptors (Lipinski definition) is 2. The number of aromatic hydroxyl groups is 1. The largest absolute Gasteiger partial charge is 0.508 e. The van der Waals surface area contributed by atoms with Gasteiger partial charge in [0.1, 0.15) is 12.0 Å². The van der Waals surface area contributed by atoms with Crippen molar-refractivity contribution in [3.63, 3.8) is 0 Å². The molecular weight excluding hydrogens is 284 g/mol. The molecule has 23 heavy (non-hydrogen) atoms. The molecule has 120 valence electrons. The molecule has 1 N–H and O–H groups in total. The fourth-order valence-electron chi connectivity index (χ4n) is 3.92. The summed E-state index contributed by atoms with van der Waals surface area (Å²) in [5.41, 5.74) is 3.31. The lowest BCUT2D eigenvalue weighted by Gasteiger charge is -2.20. The molecule has 2 heteroatoms. The number of carbonyl (C=O) groups excluding carboxylic acids is 1. The molecular formula is C21H24O2. The van der Waals surface area contributed by atoms with E-state index in [-0.39, 0.29) is 0 Å². The van der Waals surface area contributed by atoms with Gasteiger partial charge in [-0.05, 0) is 66.7 Å². The maximum atomic E-state index is 10.8. The van der Waals surface area contributed by atoms with Crippen molar-refractivity contribution in [2.24, 2.45) is 11.8 Å². The first-order valence-corrected chi connectivity index (χ1v) is 8.48. The summed E-state index contributed by atoms with van der Waals surface area (Å²) in [7, 11) is 0. The van der Waals surface area contributed by atoms with Crippen LogP contribution in [0.3, 0.4) is 0 Å². The number of phenols is 1. The van der Waals surface area contributed by atoms with E-state index in [1.807, 2.05) is 24.3 Å². The zero-order valence-corrected chi connectivity index (χ0v) is 13.6. The number of hydrogen-bond donors (Lipinski definition) is 1. The van der Waals surface area contributed by atoms with Gasteiger partial charge in [-0.1, -0.05) is 43.3 Å². The van der Waals surface area contributed by atoms with E-state index in [0.717, 1.165) is 18.3 Å². The molecule has 0 bridgehead atoms. The summed E-state index contributed by atoms with van der Waals surface area (Å²) in [5, 5.41) is 9.59. The molecule has 3 atom stereocenters. The third-order valence-electron chi connectivity index (χ3n) is 5.32. The summed E-state index contributed by atoms with van der Waals surface area (Å²) in [6.45, 7) is 2.30. The Balaban J connectivity index is 1.61. The van der Waals surface area contributed by atoms with Crippen LogP contribution < -0.4 is 0 Å². The molecule has 3 rings (SSSR count). The van der Waals surface area contributed by atoms with Gasteiger partial charge in [-0.2, -0.15) is 0 Å². The van der Waals surface area contributed by atoms with Gasteiger partial charge in [-0.15, -0.1) is 0 Å². The van der Waals surface area contributed by atoms with Gasteiger partial charge in [0.05, 0.1) is 0 Å². The van der Waals surface area contributed by atoms with Crippen LogP contribution in [0, 0.1) is 11.8 Å². The summed E-state index contributed by atoms with van der Waals surface area (Å²) in [6, 6.07) is 15.7. The van der Waals surface area contributed by atoms with Crippen molar-refractivity contribution in [3.8, 4) is 5.75 Å². The van der Waals surface area contributed by atoms with Crippen LogP contribution in [0.4, 0.5) is 0 Å². The van der Waals surface area contributed by atoms with Gasteiger partial charge in [0, 0.05) is 5.56 Å².